The van der Waals surface area contributed by atoms with E-state index in [0.29, 0.717) is 5.39 Å². The van der Waals surface area contributed by atoms with E-state index in [1.54, 1.807) is 6.07 Å². The Hall–Kier alpha value is -2.06. The van der Waals surface area contributed by atoms with Crippen molar-refractivity contribution in [3.8, 4) is 6.07 Å². The first-order chi connectivity index (χ1) is 8.45. The fourth-order valence-corrected chi connectivity index (χ4v) is 1.85. The molecule has 0 bridgehead atoms. The predicted molar refractivity (Wildman–Crippen MR) is 59.7 cm³/mol. The first-order valence-electron chi connectivity index (χ1n) is 5.11. The van der Waals surface area contributed by atoms with Crippen LogP contribution in [0, 0.1) is 11.3 Å². The monoisotopic (exact) mass is 251 g/mol. The summed E-state index contributed by atoms with van der Waals surface area (Å²) in [4.78, 5) is 0. The van der Waals surface area contributed by atoms with Crippen molar-refractivity contribution in [2.75, 3.05) is 0 Å². The number of alkyl halides is 3. The van der Waals surface area contributed by atoms with Gasteiger partial charge < -0.3 is 5.11 Å². The molecule has 2 nitrogen and oxygen atoms in total. The van der Waals surface area contributed by atoms with Crippen LogP contribution < -0.4 is 0 Å². The molecule has 2 aromatic carbocycles. The van der Waals surface area contributed by atoms with Gasteiger partial charge in [0.05, 0.1) is 11.6 Å². The number of hydrogen-bond donors (Lipinski definition) is 1. The fraction of sp³-hybridized carbons (Fsp3) is 0.154. The van der Waals surface area contributed by atoms with Crippen LogP contribution in [0.25, 0.3) is 10.8 Å². The Morgan fingerprint density at radius 2 is 1.67 bits per heavy atom. The molecule has 0 aliphatic heterocycles. The zero-order valence-electron chi connectivity index (χ0n) is 9.07. The topological polar surface area (TPSA) is 44.0 Å². The van der Waals surface area contributed by atoms with E-state index in [0.717, 1.165) is 0 Å². The summed E-state index contributed by atoms with van der Waals surface area (Å²) < 4.78 is 37.6. The number of aliphatic hydroxyl groups excluding tert-OH is 1. The van der Waals surface area contributed by atoms with Crippen LogP contribution in [0.3, 0.4) is 0 Å². The summed E-state index contributed by atoms with van der Waals surface area (Å²) >= 11 is 0. The standard InChI is InChI=1S/C13H8F3NO/c14-13(15,16)12(18)11-6-2-4-9-8(7-17)3-1-5-10(9)11/h1-6,12,18H. The molecule has 1 atom stereocenters. The SMILES string of the molecule is N#Cc1cccc2c(C(O)C(F)(F)F)cccc12. The average Bonchev–Trinajstić information content (AvgIpc) is 2.35. The quantitative estimate of drug-likeness (QED) is 0.845. The van der Waals surface area contributed by atoms with Crippen LogP contribution in [0.1, 0.15) is 17.2 Å². The van der Waals surface area contributed by atoms with E-state index >= 15 is 0 Å². The van der Waals surface area contributed by atoms with Crippen molar-refractivity contribution >= 4 is 10.8 Å². The van der Waals surface area contributed by atoms with Gasteiger partial charge in [0.25, 0.3) is 0 Å². The van der Waals surface area contributed by atoms with Gasteiger partial charge >= 0.3 is 6.18 Å². The highest BCUT2D eigenvalue weighted by atomic mass is 19.4. The number of halogens is 3. The summed E-state index contributed by atoms with van der Waals surface area (Å²) in [6.45, 7) is 0. The van der Waals surface area contributed by atoms with Crippen LogP contribution in [-0.2, 0) is 0 Å². The van der Waals surface area contributed by atoms with Gasteiger partial charge in [0, 0.05) is 0 Å². The van der Waals surface area contributed by atoms with Gasteiger partial charge in [0.2, 0.25) is 0 Å². The van der Waals surface area contributed by atoms with Crippen molar-refractivity contribution < 1.29 is 18.3 Å². The number of hydrogen-bond acceptors (Lipinski definition) is 2. The second-order valence-electron chi connectivity index (χ2n) is 3.80. The van der Waals surface area contributed by atoms with Crippen molar-refractivity contribution in [3.63, 3.8) is 0 Å². The van der Waals surface area contributed by atoms with Gasteiger partial charge in [0.1, 0.15) is 0 Å². The Kier molecular flexibility index (Phi) is 2.97. The van der Waals surface area contributed by atoms with Crippen LogP contribution in [0.5, 0.6) is 0 Å². The molecule has 0 amide bonds. The Bertz CT molecular complexity index is 628. The summed E-state index contributed by atoms with van der Waals surface area (Å²) in [6.07, 6.45) is -7.27. The highest BCUT2D eigenvalue weighted by molar-refractivity contribution is 5.90. The lowest BCUT2D eigenvalue weighted by atomic mass is 9.97. The lowest BCUT2D eigenvalue weighted by Crippen LogP contribution is -2.20. The Morgan fingerprint density at radius 1 is 1.06 bits per heavy atom. The zero-order valence-corrected chi connectivity index (χ0v) is 9.07. The molecule has 1 unspecified atom stereocenters. The molecule has 2 rings (SSSR count). The van der Waals surface area contributed by atoms with Crippen molar-refractivity contribution in [2.24, 2.45) is 0 Å². The third-order valence-corrected chi connectivity index (χ3v) is 2.68. The first kappa shape index (κ1) is 12.4. The molecular weight excluding hydrogens is 243 g/mol. The van der Waals surface area contributed by atoms with E-state index in [-0.39, 0.29) is 16.5 Å². The molecular formula is C13H8F3NO. The number of nitriles is 1. The molecule has 0 spiro atoms. The molecule has 92 valence electrons. The molecule has 0 fully saturated rings. The molecule has 18 heavy (non-hydrogen) atoms. The molecule has 0 heterocycles. The number of benzene rings is 2. The minimum atomic E-state index is -4.73. The first-order valence-corrected chi connectivity index (χ1v) is 5.11. The third-order valence-electron chi connectivity index (χ3n) is 2.68. The molecule has 0 saturated heterocycles. The van der Waals surface area contributed by atoms with Gasteiger partial charge in [-0.05, 0) is 22.4 Å². The Balaban J connectivity index is 2.71. The predicted octanol–water partition coefficient (Wildman–Crippen LogP) is 3.31. The molecule has 0 radical (unpaired) electrons. The summed E-state index contributed by atoms with van der Waals surface area (Å²) in [5.41, 5.74) is 0.0424. The summed E-state index contributed by atoms with van der Waals surface area (Å²) in [6, 6.07) is 10.5. The Morgan fingerprint density at radius 3 is 2.28 bits per heavy atom. The van der Waals surface area contributed by atoms with E-state index < -0.39 is 12.3 Å². The van der Waals surface area contributed by atoms with Gasteiger partial charge in [-0.25, -0.2) is 0 Å². The molecule has 0 saturated carbocycles. The smallest absolute Gasteiger partial charge is 0.379 e. The lowest BCUT2D eigenvalue weighted by molar-refractivity contribution is -0.206. The minimum absolute atomic E-state index is 0.237. The summed E-state index contributed by atoms with van der Waals surface area (Å²) in [5, 5.41) is 18.8. The van der Waals surface area contributed by atoms with Crippen molar-refractivity contribution in [1.29, 1.82) is 5.26 Å². The van der Waals surface area contributed by atoms with Crippen LogP contribution in [0.15, 0.2) is 36.4 Å². The van der Waals surface area contributed by atoms with Gasteiger partial charge in [-0.15, -0.1) is 0 Å². The van der Waals surface area contributed by atoms with Crippen LogP contribution in [-0.4, -0.2) is 11.3 Å². The number of rotatable bonds is 1. The highest BCUT2D eigenvalue weighted by Crippen LogP contribution is 2.36. The highest BCUT2D eigenvalue weighted by Gasteiger charge is 2.40. The van der Waals surface area contributed by atoms with Gasteiger partial charge in [-0.1, -0.05) is 30.3 Å². The zero-order chi connectivity index (χ0) is 13.3. The van der Waals surface area contributed by atoms with E-state index in [1.165, 1.54) is 30.3 Å². The lowest BCUT2D eigenvalue weighted by Gasteiger charge is -2.17. The Labute approximate surface area is 101 Å². The molecule has 0 aliphatic carbocycles. The summed E-state index contributed by atoms with van der Waals surface area (Å²) in [7, 11) is 0. The maximum atomic E-state index is 12.5. The van der Waals surface area contributed by atoms with Crippen LogP contribution in [0.4, 0.5) is 13.2 Å². The van der Waals surface area contributed by atoms with Gasteiger partial charge in [-0.3, -0.25) is 0 Å². The molecule has 0 aromatic heterocycles. The van der Waals surface area contributed by atoms with Crippen LogP contribution >= 0.6 is 0 Å². The maximum Gasteiger partial charge on any atom is 0.418 e. The van der Waals surface area contributed by atoms with E-state index in [2.05, 4.69) is 0 Å². The van der Waals surface area contributed by atoms with Crippen molar-refractivity contribution in [2.45, 2.75) is 12.3 Å². The van der Waals surface area contributed by atoms with Crippen molar-refractivity contribution in [3.05, 3.63) is 47.5 Å². The van der Waals surface area contributed by atoms with E-state index in [1.807, 2.05) is 6.07 Å². The summed E-state index contributed by atoms with van der Waals surface area (Å²) in [5.74, 6) is 0. The van der Waals surface area contributed by atoms with E-state index in [9.17, 15) is 18.3 Å². The minimum Gasteiger partial charge on any atom is -0.379 e. The second-order valence-corrected chi connectivity index (χ2v) is 3.80. The average molecular weight is 251 g/mol. The largest absolute Gasteiger partial charge is 0.418 e. The molecule has 1 N–H and O–H groups in total. The van der Waals surface area contributed by atoms with E-state index in [4.69, 9.17) is 5.26 Å². The van der Waals surface area contributed by atoms with Gasteiger partial charge in [-0.2, -0.15) is 18.4 Å². The number of aliphatic hydroxyl groups is 1. The number of fused-ring (bicyclic) bond motifs is 1. The maximum absolute atomic E-state index is 12.5. The molecule has 2 aromatic rings. The molecule has 5 heteroatoms. The van der Waals surface area contributed by atoms with Crippen LogP contribution in [0.2, 0.25) is 0 Å². The van der Waals surface area contributed by atoms with Crippen molar-refractivity contribution in [1.82, 2.24) is 0 Å². The normalized spacial score (nSPS) is 13.3. The second kappa shape index (κ2) is 4.31. The number of nitrogens with zero attached hydrogens (tertiary/aromatic N) is 1. The van der Waals surface area contributed by atoms with Gasteiger partial charge in [0.15, 0.2) is 6.10 Å². The third kappa shape index (κ3) is 2.03. The fourth-order valence-electron chi connectivity index (χ4n) is 1.85. The molecule has 0 aliphatic rings.